The first-order chi connectivity index (χ1) is 12.4. The zero-order chi connectivity index (χ0) is 18.6. The third kappa shape index (κ3) is 5.20. The van der Waals surface area contributed by atoms with Crippen LogP contribution in [0.15, 0.2) is 18.7 Å². The van der Waals surface area contributed by atoms with Crippen LogP contribution in [0, 0.1) is 11.8 Å². The molecule has 2 amide bonds. The van der Waals surface area contributed by atoms with Gasteiger partial charge >= 0.3 is 6.03 Å². The fourth-order valence-electron chi connectivity index (χ4n) is 3.85. The molecule has 0 aliphatic carbocycles. The molecule has 0 radical (unpaired) electrons. The van der Waals surface area contributed by atoms with Crippen molar-refractivity contribution in [1.29, 1.82) is 0 Å². The van der Waals surface area contributed by atoms with E-state index < -0.39 is 10.0 Å². The highest BCUT2D eigenvalue weighted by atomic mass is 32.2. The average molecular weight is 384 g/mol. The molecule has 26 heavy (non-hydrogen) atoms. The Labute approximate surface area is 155 Å². The van der Waals surface area contributed by atoms with Gasteiger partial charge in [0.15, 0.2) is 0 Å². The molecular formula is C17H29N5O3S. The van der Waals surface area contributed by atoms with Crippen LogP contribution in [0.2, 0.25) is 0 Å². The van der Waals surface area contributed by atoms with Gasteiger partial charge in [-0.25, -0.2) is 22.5 Å². The first-order valence-electron chi connectivity index (χ1n) is 9.35. The van der Waals surface area contributed by atoms with Crippen molar-refractivity contribution >= 4 is 16.1 Å². The predicted octanol–water partition coefficient (Wildman–Crippen LogP) is 0.976. The molecule has 0 spiro atoms. The second kappa shape index (κ2) is 8.39. The van der Waals surface area contributed by atoms with E-state index >= 15 is 0 Å². The third-order valence-corrected chi connectivity index (χ3v) is 6.69. The number of sulfonamides is 1. The van der Waals surface area contributed by atoms with Gasteiger partial charge in [-0.2, -0.15) is 0 Å². The van der Waals surface area contributed by atoms with E-state index in [-0.39, 0.29) is 11.9 Å². The Morgan fingerprint density at radius 2 is 1.96 bits per heavy atom. The number of hydrogen-bond acceptors (Lipinski definition) is 4. The summed E-state index contributed by atoms with van der Waals surface area (Å²) in [5, 5.41) is 3.00. The molecule has 146 valence electrons. The number of nitrogens with zero attached hydrogens (tertiary/aromatic N) is 4. The molecule has 2 saturated heterocycles. The van der Waals surface area contributed by atoms with Gasteiger partial charge in [0.1, 0.15) is 0 Å². The molecule has 0 aromatic carbocycles. The zero-order valence-corrected chi connectivity index (χ0v) is 16.2. The quantitative estimate of drug-likeness (QED) is 0.821. The zero-order valence-electron chi connectivity index (χ0n) is 15.4. The van der Waals surface area contributed by atoms with Crippen molar-refractivity contribution in [2.45, 2.75) is 32.2 Å². The van der Waals surface area contributed by atoms with Gasteiger partial charge in [-0.1, -0.05) is 0 Å². The van der Waals surface area contributed by atoms with Crippen LogP contribution in [0.4, 0.5) is 4.79 Å². The van der Waals surface area contributed by atoms with Crippen LogP contribution in [-0.4, -0.2) is 72.2 Å². The van der Waals surface area contributed by atoms with Crippen molar-refractivity contribution in [3.8, 4) is 0 Å². The maximum absolute atomic E-state index is 12.4. The molecule has 3 rings (SSSR count). The summed E-state index contributed by atoms with van der Waals surface area (Å²) in [6, 6.07) is -0.0254. The molecule has 0 unspecified atom stereocenters. The molecular weight excluding hydrogens is 354 g/mol. The monoisotopic (exact) mass is 383 g/mol. The summed E-state index contributed by atoms with van der Waals surface area (Å²) < 4.78 is 27.0. The summed E-state index contributed by atoms with van der Waals surface area (Å²) in [4.78, 5) is 18.4. The van der Waals surface area contributed by atoms with Crippen LogP contribution in [0.5, 0.6) is 0 Å². The van der Waals surface area contributed by atoms with E-state index in [2.05, 4.69) is 14.9 Å². The molecule has 2 aliphatic heterocycles. The molecule has 2 aliphatic rings. The molecule has 2 fully saturated rings. The number of likely N-dealkylation sites (tertiary alicyclic amines) is 1. The summed E-state index contributed by atoms with van der Waals surface area (Å²) >= 11 is 0. The van der Waals surface area contributed by atoms with Crippen molar-refractivity contribution in [3.63, 3.8) is 0 Å². The number of hydrogen-bond donors (Lipinski definition) is 1. The topological polar surface area (TPSA) is 87.5 Å². The van der Waals surface area contributed by atoms with Crippen molar-refractivity contribution in [2.75, 3.05) is 39.0 Å². The van der Waals surface area contributed by atoms with E-state index in [9.17, 15) is 13.2 Å². The van der Waals surface area contributed by atoms with E-state index in [1.807, 2.05) is 17.4 Å². The lowest BCUT2D eigenvalue weighted by Crippen LogP contribution is -2.48. The number of amides is 2. The van der Waals surface area contributed by atoms with E-state index in [1.165, 1.54) is 10.6 Å². The van der Waals surface area contributed by atoms with Crippen LogP contribution >= 0.6 is 0 Å². The number of carbonyl (C=O) groups excluding carboxylic acids is 1. The van der Waals surface area contributed by atoms with E-state index in [0.717, 1.165) is 45.3 Å². The Hall–Kier alpha value is -1.61. The van der Waals surface area contributed by atoms with Crippen molar-refractivity contribution in [3.05, 3.63) is 18.7 Å². The molecule has 8 nitrogen and oxygen atoms in total. The first kappa shape index (κ1) is 19.2. The minimum atomic E-state index is -3.14. The standard InChI is InChI=1S/C17H29N5O3S/c1-26(24,25)22-7-2-3-16(13-22)11-19-17(23)21-8-4-15(5-9-21)12-20-10-6-18-14-20/h6,10,14-16H,2-5,7-9,11-13H2,1H3,(H,19,23)/t16-/m1/s1. The highest BCUT2D eigenvalue weighted by Gasteiger charge is 2.27. The van der Waals surface area contributed by atoms with Crippen molar-refractivity contribution in [1.82, 2.24) is 24.1 Å². The second-order valence-electron chi connectivity index (χ2n) is 7.51. The van der Waals surface area contributed by atoms with Gasteiger partial charge in [-0.05, 0) is 37.5 Å². The van der Waals surface area contributed by atoms with E-state index in [1.54, 1.807) is 6.20 Å². The molecule has 3 heterocycles. The summed E-state index contributed by atoms with van der Waals surface area (Å²) in [6.07, 6.45) is 10.7. The number of urea groups is 1. The van der Waals surface area contributed by atoms with Crippen LogP contribution in [-0.2, 0) is 16.6 Å². The lowest BCUT2D eigenvalue weighted by molar-refractivity contribution is 0.162. The molecule has 1 atom stereocenters. The fourth-order valence-corrected chi connectivity index (χ4v) is 4.79. The molecule has 1 N–H and O–H groups in total. The van der Waals surface area contributed by atoms with Crippen molar-refractivity contribution in [2.24, 2.45) is 11.8 Å². The Kier molecular flexibility index (Phi) is 6.18. The van der Waals surface area contributed by atoms with Crippen LogP contribution in [0.25, 0.3) is 0 Å². The SMILES string of the molecule is CS(=O)(=O)N1CCC[C@H](CNC(=O)N2CCC(Cn3ccnc3)CC2)C1. The summed E-state index contributed by atoms with van der Waals surface area (Å²) in [7, 11) is -3.14. The number of aromatic nitrogens is 2. The second-order valence-corrected chi connectivity index (χ2v) is 9.49. The number of nitrogens with one attached hydrogen (secondary N) is 1. The Morgan fingerprint density at radius 3 is 2.62 bits per heavy atom. The Morgan fingerprint density at radius 1 is 1.19 bits per heavy atom. The van der Waals surface area contributed by atoms with Crippen LogP contribution < -0.4 is 5.32 Å². The third-order valence-electron chi connectivity index (χ3n) is 5.42. The van der Waals surface area contributed by atoms with Gasteiger partial charge in [0.25, 0.3) is 0 Å². The summed E-state index contributed by atoms with van der Waals surface area (Å²) in [5.74, 6) is 0.774. The molecule has 9 heteroatoms. The summed E-state index contributed by atoms with van der Waals surface area (Å²) in [6.45, 7) is 4.13. The Bertz CT molecular complexity index is 683. The fraction of sp³-hybridized carbons (Fsp3) is 0.765. The highest BCUT2D eigenvalue weighted by molar-refractivity contribution is 7.88. The largest absolute Gasteiger partial charge is 0.338 e. The number of rotatable bonds is 5. The van der Waals surface area contributed by atoms with Gasteiger partial charge in [0.2, 0.25) is 10.0 Å². The normalized spacial score (nSPS) is 23.1. The van der Waals surface area contributed by atoms with Gasteiger partial charge in [-0.3, -0.25) is 0 Å². The molecule has 0 bridgehead atoms. The number of imidazole rings is 1. The predicted molar refractivity (Wildman–Crippen MR) is 99.1 cm³/mol. The van der Waals surface area contributed by atoms with Crippen molar-refractivity contribution < 1.29 is 13.2 Å². The van der Waals surface area contributed by atoms with E-state index in [4.69, 9.17) is 0 Å². The molecule has 1 aromatic heterocycles. The number of carbonyl (C=O) groups is 1. The maximum Gasteiger partial charge on any atom is 0.317 e. The highest BCUT2D eigenvalue weighted by Crippen LogP contribution is 2.20. The minimum Gasteiger partial charge on any atom is -0.338 e. The van der Waals surface area contributed by atoms with Gasteiger partial charge < -0.3 is 14.8 Å². The molecule has 1 aromatic rings. The number of piperidine rings is 2. The first-order valence-corrected chi connectivity index (χ1v) is 11.2. The van der Waals surface area contributed by atoms with E-state index in [0.29, 0.717) is 25.6 Å². The van der Waals surface area contributed by atoms with Gasteiger partial charge in [-0.15, -0.1) is 0 Å². The Balaban J connectivity index is 1.39. The van der Waals surface area contributed by atoms with Crippen LogP contribution in [0.1, 0.15) is 25.7 Å². The summed E-state index contributed by atoms with van der Waals surface area (Å²) in [5.41, 5.74) is 0. The lowest BCUT2D eigenvalue weighted by atomic mass is 9.97. The maximum atomic E-state index is 12.4. The molecule has 0 saturated carbocycles. The van der Waals surface area contributed by atoms with Gasteiger partial charge in [0.05, 0.1) is 12.6 Å². The minimum absolute atomic E-state index is 0.0254. The smallest absolute Gasteiger partial charge is 0.317 e. The average Bonchev–Trinajstić information content (AvgIpc) is 3.13. The lowest BCUT2D eigenvalue weighted by Gasteiger charge is -2.34. The van der Waals surface area contributed by atoms with Gasteiger partial charge in [0, 0.05) is 51.7 Å². The van der Waals surface area contributed by atoms with Crippen LogP contribution in [0.3, 0.4) is 0 Å².